The van der Waals surface area contributed by atoms with Crippen molar-refractivity contribution in [1.82, 2.24) is 20.5 Å². The number of amides is 2. The van der Waals surface area contributed by atoms with Gasteiger partial charge in [-0.2, -0.15) is 13.2 Å². The molecule has 0 saturated carbocycles. The first-order chi connectivity index (χ1) is 19.0. The third kappa shape index (κ3) is 8.51. The summed E-state index contributed by atoms with van der Waals surface area (Å²) in [6.45, 7) is 11.0. The molecule has 1 aliphatic carbocycles. The number of H-pyrrole nitrogens is 1. The van der Waals surface area contributed by atoms with E-state index in [1.165, 1.54) is 11.8 Å². The van der Waals surface area contributed by atoms with Crippen molar-refractivity contribution in [2.24, 2.45) is 0 Å². The zero-order valence-corrected chi connectivity index (χ0v) is 24.4. The maximum Gasteiger partial charge on any atom is 0.412 e. The van der Waals surface area contributed by atoms with Gasteiger partial charge in [-0.25, -0.2) is 0 Å². The Morgan fingerprint density at radius 3 is 2.65 bits per heavy atom. The summed E-state index contributed by atoms with van der Waals surface area (Å²) in [7, 11) is 0. The summed E-state index contributed by atoms with van der Waals surface area (Å²) >= 11 is 1.41. The first kappa shape index (κ1) is 31.5. The van der Waals surface area contributed by atoms with Crippen LogP contribution in [0, 0.1) is 13.8 Å². The van der Waals surface area contributed by atoms with Crippen LogP contribution in [0.25, 0.3) is 6.08 Å². The SMILES string of the molecule is CCN(CC)CCNC(=O)c1c(C)[nH]c(C=C2C=CC(SCC3=C(C(F)(F)F)CCC=C3)CC=CNC2=O)c1C. The molecule has 0 spiro atoms. The van der Waals surface area contributed by atoms with Crippen LogP contribution in [0.1, 0.15) is 60.4 Å². The first-order valence-electron chi connectivity index (χ1n) is 13.7. The molecule has 2 heterocycles. The number of carbonyl (C=O) groups is 2. The van der Waals surface area contributed by atoms with Gasteiger partial charge in [0.1, 0.15) is 0 Å². The fourth-order valence-corrected chi connectivity index (χ4v) is 5.86. The van der Waals surface area contributed by atoms with E-state index >= 15 is 0 Å². The summed E-state index contributed by atoms with van der Waals surface area (Å²) in [5, 5.41) is 5.61. The lowest BCUT2D eigenvalue weighted by atomic mass is 9.98. The average molecular weight is 577 g/mol. The van der Waals surface area contributed by atoms with E-state index in [0.29, 0.717) is 47.5 Å². The molecule has 3 N–H and O–H groups in total. The molecule has 0 saturated heterocycles. The minimum atomic E-state index is -4.33. The van der Waals surface area contributed by atoms with E-state index in [1.807, 2.05) is 26.0 Å². The predicted octanol–water partition coefficient (Wildman–Crippen LogP) is 5.99. The predicted molar refractivity (Wildman–Crippen MR) is 157 cm³/mol. The Morgan fingerprint density at radius 2 is 1.95 bits per heavy atom. The standard InChI is InChI=1S/C30H39F3N4O2S/c1-5-37(6-2)17-16-35-29(39)27-20(3)26(36-21(27)4)18-22-13-14-24(11-9-15-34-28(22)38)40-19-23-10-7-8-12-25(23)30(31,32)33/h7,9-10,13-15,18,24,36H,5-6,8,11-12,16-17,19H2,1-4H3,(H,34,38)(H,35,39). The molecule has 2 aliphatic rings. The quantitative estimate of drug-likeness (QED) is 0.299. The lowest BCUT2D eigenvalue weighted by molar-refractivity contribution is -0.116. The number of hydrogen-bond acceptors (Lipinski definition) is 4. The molecule has 1 aromatic heterocycles. The number of aromatic amines is 1. The number of nitrogens with zero attached hydrogens (tertiary/aromatic N) is 1. The van der Waals surface area contributed by atoms with Gasteiger partial charge in [-0.15, -0.1) is 11.8 Å². The van der Waals surface area contributed by atoms with E-state index in [2.05, 4.69) is 34.4 Å². The molecule has 2 amide bonds. The van der Waals surface area contributed by atoms with Gasteiger partial charge >= 0.3 is 6.18 Å². The molecule has 6 nitrogen and oxygen atoms in total. The lowest BCUT2D eigenvalue weighted by Crippen LogP contribution is -2.35. The highest BCUT2D eigenvalue weighted by Crippen LogP contribution is 2.36. The monoisotopic (exact) mass is 576 g/mol. The zero-order valence-electron chi connectivity index (χ0n) is 23.6. The van der Waals surface area contributed by atoms with Crippen molar-refractivity contribution in [3.8, 4) is 0 Å². The maximum atomic E-state index is 13.5. The molecule has 0 fully saturated rings. The van der Waals surface area contributed by atoms with Crippen LogP contribution in [-0.2, 0) is 4.79 Å². The Morgan fingerprint density at radius 1 is 1.20 bits per heavy atom. The molecule has 1 unspecified atom stereocenters. The van der Waals surface area contributed by atoms with Gasteiger partial charge in [0.25, 0.3) is 11.8 Å². The maximum absolute atomic E-state index is 13.5. The second-order valence-electron chi connectivity index (χ2n) is 9.81. The first-order valence-corrected chi connectivity index (χ1v) is 14.7. The summed E-state index contributed by atoms with van der Waals surface area (Å²) < 4.78 is 40.4. The number of aryl methyl sites for hydroxylation is 1. The van der Waals surface area contributed by atoms with E-state index in [9.17, 15) is 22.8 Å². The smallest absolute Gasteiger partial charge is 0.358 e. The molecule has 0 radical (unpaired) electrons. The van der Waals surface area contributed by atoms with Crippen molar-refractivity contribution in [1.29, 1.82) is 0 Å². The fourth-order valence-electron chi connectivity index (χ4n) is 4.76. The third-order valence-electron chi connectivity index (χ3n) is 7.13. The van der Waals surface area contributed by atoms with Crippen LogP contribution in [-0.4, -0.2) is 65.1 Å². The molecule has 0 aromatic carbocycles. The van der Waals surface area contributed by atoms with Gasteiger partial charge in [-0.1, -0.05) is 44.2 Å². The van der Waals surface area contributed by atoms with E-state index < -0.39 is 11.7 Å². The highest BCUT2D eigenvalue weighted by molar-refractivity contribution is 8.00. The van der Waals surface area contributed by atoms with Crippen LogP contribution in [0.15, 0.2) is 53.3 Å². The Hall–Kier alpha value is -2.98. The van der Waals surface area contributed by atoms with Gasteiger partial charge < -0.3 is 20.5 Å². The Kier molecular flexibility index (Phi) is 11.5. The van der Waals surface area contributed by atoms with Crippen molar-refractivity contribution < 1.29 is 22.8 Å². The van der Waals surface area contributed by atoms with Gasteiger partial charge in [-0.3, -0.25) is 9.59 Å². The van der Waals surface area contributed by atoms with E-state index in [-0.39, 0.29) is 29.2 Å². The molecule has 40 heavy (non-hydrogen) atoms. The molecule has 0 bridgehead atoms. The van der Waals surface area contributed by atoms with Crippen LogP contribution >= 0.6 is 11.8 Å². The lowest BCUT2D eigenvalue weighted by Gasteiger charge is -2.19. The third-order valence-corrected chi connectivity index (χ3v) is 8.38. The van der Waals surface area contributed by atoms with Crippen molar-refractivity contribution in [3.63, 3.8) is 0 Å². The summed E-state index contributed by atoms with van der Waals surface area (Å²) in [5.41, 5.74) is 2.90. The summed E-state index contributed by atoms with van der Waals surface area (Å²) in [6.07, 6.45) is 8.65. The molecular formula is C30H39F3N4O2S. The number of rotatable bonds is 10. The molecule has 1 atom stereocenters. The second kappa shape index (κ2) is 14.6. The van der Waals surface area contributed by atoms with Crippen LogP contribution in [0.3, 0.4) is 0 Å². The van der Waals surface area contributed by atoms with E-state index in [0.717, 1.165) is 25.2 Å². The van der Waals surface area contributed by atoms with Gasteiger partial charge in [0, 0.05) is 52.8 Å². The van der Waals surface area contributed by atoms with Crippen molar-refractivity contribution in [2.75, 3.05) is 31.9 Å². The number of likely N-dealkylation sites (N-methyl/N-ethyl adjacent to an activating group) is 1. The number of allylic oxidation sites excluding steroid dienone is 4. The van der Waals surface area contributed by atoms with Gasteiger partial charge in [0.05, 0.1) is 5.56 Å². The fraction of sp³-hybridized carbons (Fsp3) is 0.467. The van der Waals surface area contributed by atoms with Crippen molar-refractivity contribution in [2.45, 2.75) is 58.4 Å². The van der Waals surface area contributed by atoms with Crippen LogP contribution in [0.5, 0.6) is 0 Å². The highest BCUT2D eigenvalue weighted by atomic mass is 32.2. The van der Waals surface area contributed by atoms with Gasteiger partial charge in [-0.05, 0) is 63.4 Å². The Bertz CT molecular complexity index is 1220. The van der Waals surface area contributed by atoms with Gasteiger partial charge in [0.2, 0.25) is 0 Å². The summed E-state index contributed by atoms with van der Waals surface area (Å²) in [6, 6.07) is 0. The highest BCUT2D eigenvalue weighted by Gasteiger charge is 2.35. The number of thioether (sulfide) groups is 1. The largest absolute Gasteiger partial charge is 0.412 e. The number of alkyl halides is 3. The normalized spacial score (nSPS) is 19.1. The van der Waals surface area contributed by atoms with Gasteiger partial charge in [0.15, 0.2) is 0 Å². The van der Waals surface area contributed by atoms with Crippen molar-refractivity contribution >= 4 is 29.7 Å². The van der Waals surface area contributed by atoms with Crippen LogP contribution < -0.4 is 10.6 Å². The number of hydrogen-bond donors (Lipinski definition) is 3. The number of aromatic nitrogens is 1. The zero-order chi connectivity index (χ0) is 29.3. The Balaban J connectivity index is 1.77. The molecule has 1 aromatic rings. The van der Waals surface area contributed by atoms with E-state index in [1.54, 1.807) is 30.5 Å². The minimum absolute atomic E-state index is 0.00641. The van der Waals surface area contributed by atoms with E-state index in [4.69, 9.17) is 0 Å². The Labute approximate surface area is 238 Å². The summed E-state index contributed by atoms with van der Waals surface area (Å²) in [4.78, 5) is 31.3. The average Bonchev–Trinajstić information content (AvgIpc) is 3.24. The topological polar surface area (TPSA) is 77.2 Å². The molecule has 218 valence electrons. The molecule has 10 heteroatoms. The molecule has 1 aliphatic heterocycles. The number of halogens is 3. The van der Waals surface area contributed by atoms with Crippen LogP contribution in [0.2, 0.25) is 0 Å². The number of carbonyl (C=O) groups excluding carboxylic acids is 2. The number of nitrogens with one attached hydrogen (secondary N) is 3. The molecular weight excluding hydrogens is 537 g/mol. The second-order valence-corrected chi connectivity index (χ2v) is 11.0. The van der Waals surface area contributed by atoms with Crippen LogP contribution in [0.4, 0.5) is 13.2 Å². The van der Waals surface area contributed by atoms with Crippen molar-refractivity contribution in [3.05, 3.63) is 75.8 Å². The minimum Gasteiger partial charge on any atom is -0.358 e. The molecule has 3 rings (SSSR count). The summed E-state index contributed by atoms with van der Waals surface area (Å²) in [5.74, 6) is -0.246.